The van der Waals surface area contributed by atoms with E-state index < -0.39 is 5.60 Å². The van der Waals surface area contributed by atoms with E-state index in [0.717, 1.165) is 0 Å². The Morgan fingerprint density at radius 1 is 1.33 bits per heavy atom. The number of ether oxygens (including phenoxy) is 1. The molecule has 0 spiro atoms. The summed E-state index contributed by atoms with van der Waals surface area (Å²) < 4.78 is 7.08. The minimum absolute atomic E-state index is 0.185. The zero-order valence-electron chi connectivity index (χ0n) is 10.1. The summed E-state index contributed by atoms with van der Waals surface area (Å²) in [7, 11) is 0. The van der Waals surface area contributed by atoms with E-state index in [1.54, 1.807) is 50.5 Å². The molecule has 0 N–H and O–H groups in total. The molecule has 0 aliphatic rings. The average molecular weight is 265 g/mol. The molecule has 0 saturated carbocycles. The van der Waals surface area contributed by atoms with Crippen LogP contribution in [0.5, 0.6) is 5.75 Å². The van der Waals surface area contributed by atoms with E-state index in [2.05, 4.69) is 4.98 Å². The molecule has 0 amide bonds. The molecule has 1 heterocycles. The molecule has 0 saturated heterocycles. The molecular weight excluding hydrogens is 252 g/mol. The Morgan fingerprint density at radius 3 is 2.56 bits per heavy atom. The van der Waals surface area contributed by atoms with Crippen LogP contribution in [0.25, 0.3) is 0 Å². The highest BCUT2D eigenvalue weighted by Gasteiger charge is 2.31. The standard InChI is InChI=1S/C13H13ClN2O2/c1-13(2,12(17)16-8-7-15-9-16)18-11-5-3-10(14)4-6-11/h3-9H,1-2H3. The SMILES string of the molecule is CC(C)(Oc1ccc(Cl)cc1)C(=O)n1ccnc1. The molecule has 0 fully saturated rings. The fourth-order valence-corrected chi connectivity index (χ4v) is 1.66. The molecule has 0 aliphatic heterocycles. The third-order valence-corrected chi connectivity index (χ3v) is 2.69. The van der Waals surface area contributed by atoms with Gasteiger partial charge in [-0.05, 0) is 38.1 Å². The highest BCUT2D eigenvalue weighted by Crippen LogP contribution is 2.21. The smallest absolute Gasteiger partial charge is 0.275 e. The summed E-state index contributed by atoms with van der Waals surface area (Å²) in [4.78, 5) is 16.0. The normalized spacial score (nSPS) is 11.3. The molecule has 2 rings (SSSR count). The number of nitrogens with zero attached hydrogens (tertiary/aromatic N) is 2. The number of halogens is 1. The fourth-order valence-electron chi connectivity index (χ4n) is 1.53. The van der Waals surface area contributed by atoms with Gasteiger partial charge in [-0.15, -0.1) is 0 Å². The van der Waals surface area contributed by atoms with Crippen molar-refractivity contribution < 1.29 is 9.53 Å². The molecule has 0 atom stereocenters. The Kier molecular flexibility index (Phi) is 3.39. The summed E-state index contributed by atoms with van der Waals surface area (Å²) in [6, 6.07) is 6.89. The molecule has 1 aromatic heterocycles. The van der Waals surface area contributed by atoms with Crippen molar-refractivity contribution in [3.8, 4) is 5.75 Å². The molecule has 5 heteroatoms. The first-order valence-corrected chi connectivity index (χ1v) is 5.84. The van der Waals surface area contributed by atoms with Crippen molar-refractivity contribution in [1.29, 1.82) is 0 Å². The van der Waals surface area contributed by atoms with Gasteiger partial charge in [0, 0.05) is 17.4 Å². The lowest BCUT2D eigenvalue weighted by Gasteiger charge is -2.24. The van der Waals surface area contributed by atoms with E-state index in [1.807, 2.05) is 0 Å². The van der Waals surface area contributed by atoms with Crippen molar-refractivity contribution in [2.24, 2.45) is 0 Å². The molecule has 1 aromatic carbocycles. The van der Waals surface area contributed by atoms with E-state index in [0.29, 0.717) is 10.8 Å². The highest BCUT2D eigenvalue weighted by molar-refractivity contribution is 6.30. The summed E-state index contributed by atoms with van der Waals surface area (Å²) in [6.07, 6.45) is 4.60. The van der Waals surface area contributed by atoms with Crippen LogP contribution in [0.3, 0.4) is 0 Å². The van der Waals surface area contributed by atoms with Gasteiger partial charge in [-0.1, -0.05) is 11.6 Å². The van der Waals surface area contributed by atoms with Crippen molar-refractivity contribution in [1.82, 2.24) is 9.55 Å². The first kappa shape index (κ1) is 12.6. The summed E-state index contributed by atoms with van der Waals surface area (Å²) in [5.74, 6) is 0.410. The van der Waals surface area contributed by atoms with E-state index in [4.69, 9.17) is 16.3 Å². The Hall–Kier alpha value is -1.81. The number of benzene rings is 1. The average Bonchev–Trinajstić information content (AvgIpc) is 2.84. The van der Waals surface area contributed by atoms with E-state index in [1.165, 1.54) is 10.9 Å². The Labute approximate surface area is 110 Å². The van der Waals surface area contributed by atoms with Gasteiger partial charge in [-0.25, -0.2) is 4.98 Å². The summed E-state index contributed by atoms with van der Waals surface area (Å²) in [5, 5.41) is 0.626. The van der Waals surface area contributed by atoms with Crippen molar-refractivity contribution in [3.05, 3.63) is 48.0 Å². The lowest BCUT2D eigenvalue weighted by atomic mass is 10.1. The quantitative estimate of drug-likeness (QED) is 0.856. The van der Waals surface area contributed by atoms with Gasteiger partial charge in [0.15, 0.2) is 5.60 Å². The number of rotatable bonds is 3. The number of carbonyl (C=O) groups excluding carboxylic acids is 1. The number of hydrogen-bond acceptors (Lipinski definition) is 3. The zero-order chi connectivity index (χ0) is 13.2. The van der Waals surface area contributed by atoms with Crippen molar-refractivity contribution in [2.45, 2.75) is 19.4 Å². The molecule has 18 heavy (non-hydrogen) atoms. The van der Waals surface area contributed by atoms with Crippen molar-refractivity contribution in [2.75, 3.05) is 0 Å². The van der Waals surface area contributed by atoms with Crippen LogP contribution in [-0.4, -0.2) is 21.1 Å². The Balaban J connectivity index is 2.16. The number of imidazole rings is 1. The van der Waals surface area contributed by atoms with Crippen LogP contribution in [0.4, 0.5) is 0 Å². The number of hydrogen-bond donors (Lipinski definition) is 0. The van der Waals surface area contributed by atoms with Crippen LogP contribution in [-0.2, 0) is 0 Å². The van der Waals surface area contributed by atoms with Crippen LogP contribution in [0.15, 0.2) is 43.0 Å². The lowest BCUT2D eigenvalue weighted by molar-refractivity contribution is 0.0487. The van der Waals surface area contributed by atoms with Crippen molar-refractivity contribution in [3.63, 3.8) is 0 Å². The second-order valence-corrected chi connectivity index (χ2v) is 4.78. The molecule has 4 nitrogen and oxygen atoms in total. The number of aromatic nitrogens is 2. The number of carbonyl (C=O) groups is 1. The first-order valence-electron chi connectivity index (χ1n) is 5.46. The Morgan fingerprint density at radius 2 is 2.00 bits per heavy atom. The minimum atomic E-state index is -0.978. The summed E-state index contributed by atoms with van der Waals surface area (Å²) in [5.41, 5.74) is -0.978. The van der Waals surface area contributed by atoms with Gasteiger partial charge >= 0.3 is 0 Å². The Bertz CT molecular complexity index is 533. The minimum Gasteiger partial charge on any atom is -0.478 e. The predicted octanol–water partition coefficient (Wildman–Crippen LogP) is 3.03. The third kappa shape index (κ3) is 2.71. The maximum atomic E-state index is 12.2. The molecule has 0 aliphatic carbocycles. The van der Waals surface area contributed by atoms with Gasteiger partial charge in [0.25, 0.3) is 5.91 Å². The van der Waals surface area contributed by atoms with Crippen LogP contribution in [0.1, 0.15) is 18.6 Å². The monoisotopic (exact) mass is 264 g/mol. The molecule has 2 aromatic rings. The maximum Gasteiger partial charge on any atom is 0.275 e. The predicted molar refractivity (Wildman–Crippen MR) is 69.0 cm³/mol. The highest BCUT2D eigenvalue weighted by atomic mass is 35.5. The van der Waals surface area contributed by atoms with Crippen LogP contribution in [0, 0.1) is 0 Å². The molecule has 0 unspecified atom stereocenters. The van der Waals surface area contributed by atoms with Gasteiger partial charge in [0.05, 0.1) is 0 Å². The second-order valence-electron chi connectivity index (χ2n) is 4.34. The summed E-state index contributed by atoms with van der Waals surface area (Å²) in [6.45, 7) is 3.42. The van der Waals surface area contributed by atoms with Gasteiger partial charge < -0.3 is 4.74 Å². The molecular formula is C13H13ClN2O2. The van der Waals surface area contributed by atoms with E-state index in [-0.39, 0.29) is 5.91 Å². The van der Waals surface area contributed by atoms with Crippen LogP contribution in [0.2, 0.25) is 5.02 Å². The van der Waals surface area contributed by atoms with E-state index >= 15 is 0 Å². The van der Waals surface area contributed by atoms with Crippen molar-refractivity contribution >= 4 is 17.5 Å². The van der Waals surface area contributed by atoms with Crippen LogP contribution < -0.4 is 4.74 Å². The van der Waals surface area contributed by atoms with Gasteiger partial charge in [0.2, 0.25) is 0 Å². The zero-order valence-corrected chi connectivity index (χ0v) is 10.9. The van der Waals surface area contributed by atoms with Gasteiger partial charge in [-0.3, -0.25) is 9.36 Å². The van der Waals surface area contributed by atoms with Gasteiger partial charge in [0.1, 0.15) is 12.1 Å². The summed E-state index contributed by atoms with van der Waals surface area (Å²) >= 11 is 5.79. The first-order chi connectivity index (χ1) is 8.49. The van der Waals surface area contributed by atoms with Crippen LogP contribution >= 0.6 is 11.6 Å². The second kappa shape index (κ2) is 4.82. The third-order valence-electron chi connectivity index (χ3n) is 2.44. The van der Waals surface area contributed by atoms with E-state index in [9.17, 15) is 4.79 Å². The van der Waals surface area contributed by atoms with Gasteiger partial charge in [-0.2, -0.15) is 0 Å². The largest absolute Gasteiger partial charge is 0.478 e. The molecule has 0 radical (unpaired) electrons. The topological polar surface area (TPSA) is 44.1 Å². The molecule has 94 valence electrons. The maximum absolute atomic E-state index is 12.2. The lowest BCUT2D eigenvalue weighted by Crippen LogP contribution is -2.41. The fraction of sp³-hybridized carbons (Fsp3) is 0.231. The molecule has 0 bridgehead atoms.